The molecule has 1 atom stereocenters. The average molecular weight is 392 g/mol. The molecule has 0 radical (unpaired) electrons. The van der Waals surface area contributed by atoms with Crippen LogP contribution in [0.1, 0.15) is 39.5 Å². The summed E-state index contributed by atoms with van der Waals surface area (Å²) in [6, 6.07) is 12.7. The fourth-order valence-corrected chi connectivity index (χ4v) is 4.60. The number of benzene rings is 2. The van der Waals surface area contributed by atoms with Gasteiger partial charge in [0, 0.05) is 45.0 Å². The lowest BCUT2D eigenvalue weighted by atomic mass is 9.77. The molecule has 1 aliphatic heterocycles. The molecule has 1 unspecified atom stereocenters. The van der Waals surface area contributed by atoms with Crippen LogP contribution in [0, 0.1) is 0 Å². The molecular weight excluding hydrogens is 364 g/mol. The number of carbonyl (C=O) groups is 1. The van der Waals surface area contributed by atoms with Gasteiger partial charge in [-0.05, 0) is 35.6 Å². The van der Waals surface area contributed by atoms with Crippen molar-refractivity contribution in [1.29, 1.82) is 0 Å². The Morgan fingerprint density at radius 2 is 1.93 bits per heavy atom. The highest BCUT2D eigenvalue weighted by atomic mass is 16.5. The van der Waals surface area contributed by atoms with Crippen LogP contribution in [0.15, 0.2) is 48.2 Å². The third kappa shape index (κ3) is 3.51. The van der Waals surface area contributed by atoms with Crippen molar-refractivity contribution < 1.29 is 14.3 Å². The monoisotopic (exact) mass is 392 g/mol. The summed E-state index contributed by atoms with van der Waals surface area (Å²) in [5, 5.41) is 0. The van der Waals surface area contributed by atoms with Crippen molar-refractivity contribution in [3.05, 3.63) is 70.4 Å². The summed E-state index contributed by atoms with van der Waals surface area (Å²) in [6.07, 6.45) is 3.55. The minimum absolute atomic E-state index is 0.0449. The van der Waals surface area contributed by atoms with E-state index >= 15 is 0 Å². The van der Waals surface area contributed by atoms with Crippen LogP contribution in [0.4, 0.5) is 0 Å². The summed E-state index contributed by atoms with van der Waals surface area (Å²) in [7, 11) is 7.14. The van der Waals surface area contributed by atoms with Gasteiger partial charge in [-0.25, -0.2) is 0 Å². The van der Waals surface area contributed by atoms with Crippen molar-refractivity contribution in [3.8, 4) is 11.5 Å². The summed E-state index contributed by atoms with van der Waals surface area (Å²) in [5.41, 5.74) is 5.08. The highest BCUT2D eigenvalue weighted by Crippen LogP contribution is 2.48. The first-order valence-corrected chi connectivity index (χ1v) is 10.0. The molecule has 0 bridgehead atoms. The van der Waals surface area contributed by atoms with Gasteiger partial charge in [0.25, 0.3) is 0 Å². The molecule has 0 aromatic heterocycles. The molecule has 0 saturated heterocycles. The molecular formula is C24H28N2O3. The van der Waals surface area contributed by atoms with Gasteiger partial charge in [0.1, 0.15) is 0 Å². The van der Waals surface area contributed by atoms with E-state index in [1.807, 2.05) is 31.3 Å². The molecule has 4 rings (SSSR count). The second-order valence-electron chi connectivity index (χ2n) is 7.93. The van der Waals surface area contributed by atoms with Crippen molar-refractivity contribution in [2.45, 2.75) is 25.4 Å². The Labute approximate surface area is 172 Å². The quantitative estimate of drug-likeness (QED) is 0.724. The van der Waals surface area contributed by atoms with Gasteiger partial charge in [-0.2, -0.15) is 0 Å². The van der Waals surface area contributed by atoms with Crippen LogP contribution in [0.3, 0.4) is 0 Å². The zero-order chi connectivity index (χ0) is 20.5. The molecule has 0 saturated carbocycles. The van der Waals surface area contributed by atoms with Crippen LogP contribution in [0.25, 0.3) is 0 Å². The van der Waals surface area contributed by atoms with Crippen molar-refractivity contribution >= 4 is 5.78 Å². The summed E-state index contributed by atoms with van der Waals surface area (Å²) in [4.78, 5) is 17.9. The minimum Gasteiger partial charge on any atom is -0.493 e. The number of ketones is 1. The van der Waals surface area contributed by atoms with E-state index in [-0.39, 0.29) is 11.8 Å². The lowest BCUT2D eigenvalue weighted by molar-refractivity contribution is 0.0977. The largest absolute Gasteiger partial charge is 0.493 e. The van der Waals surface area contributed by atoms with E-state index < -0.39 is 0 Å². The van der Waals surface area contributed by atoms with Gasteiger partial charge in [-0.3, -0.25) is 9.69 Å². The third-order valence-electron chi connectivity index (χ3n) is 5.81. The van der Waals surface area contributed by atoms with Crippen molar-refractivity contribution in [1.82, 2.24) is 9.80 Å². The van der Waals surface area contributed by atoms with Crippen molar-refractivity contribution in [2.24, 2.45) is 0 Å². The molecule has 2 aromatic rings. The van der Waals surface area contributed by atoms with Gasteiger partial charge < -0.3 is 14.4 Å². The molecule has 1 aliphatic carbocycles. The summed E-state index contributed by atoms with van der Waals surface area (Å²) in [5.74, 6) is 1.23. The number of rotatable bonds is 5. The first kappa shape index (κ1) is 19.5. The Bertz CT molecular complexity index is 950. The van der Waals surface area contributed by atoms with Gasteiger partial charge >= 0.3 is 0 Å². The van der Waals surface area contributed by atoms with E-state index in [9.17, 15) is 4.79 Å². The molecule has 2 aromatic carbocycles. The highest BCUT2D eigenvalue weighted by molar-refractivity contribution is 6.13. The molecule has 1 heterocycles. The topological polar surface area (TPSA) is 42.0 Å². The molecule has 2 aliphatic rings. The highest BCUT2D eigenvalue weighted by Gasteiger charge is 2.40. The molecule has 5 heteroatoms. The zero-order valence-electron chi connectivity index (χ0n) is 17.6. The maximum absolute atomic E-state index is 13.5. The zero-order valence-corrected chi connectivity index (χ0v) is 17.6. The first-order chi connectivity index (χ1) is 14.0. The number of Topliss-reactive ketones (excluding diaryl/α,β-unsaturated/α-hetero) is 1. The predicted octanol–water partition coefficient (Wildman–Crippen LogP) is 3.84. The Balaban J connectivity index is 1.86. The van der Waals surface area contributed by atoms with Crippen molar-refractivity contribution in [3.63, 3.8) is 0 Å². The van der Waals surface area contributed by atoms with Gasteiger partial charge in [0.2, 0.25) is 0 Å². The number of ether oxygens (including phenoxy) is 2. The standard InChI is InChI=1S/C24H28N2O3/c1-25(2)15-18-12-19-21-17(10-11-26(19)14-16-8-6-5-7-9-16)13-20(28-3)24(29-4)22(21)23(18)27/h5-9,13,15,19H,10-12,14H2,1-4H3. The number of hydrogen-bond acceptors (Lipinski definition) is 5. The first-order valence-electron chi connectivity index (χ1n) is 10.0. The maximum Gasteiger partial charge on any atom is 0.194 e. The third-order valence-corrected chi connectivity index (χ3v) is 5.81. The van der Waals surface area contributed by atoms with Gasteiger partial charge in [0.05, 0.1) is 19.8 Å². The Morgan fingerprint density at radius 1 is 1.17 bits per heavy atom. The van der Waals surface area contributed by atoms with E-state index in [0.29, 0.717) is 23.5 Å². The van der Waals surface area contributed by atoms with E-state index in [1.54, 1.807) is 14.2 Å². The molecule has 29 heavy (non-hydrogen) atoms. The molecule has 0 spiro atoms. The number of methoxy groups -OCH3 is 2. The smallest absolute Gasteiger partial charge is 0.194 e. The molecule has 5 nitrogen and oxygen atoms in total. The molecule has 152 valence electrons. The minimum atomic E-state index is 0.0449. The van der Waals surface area contributed by atoms with Crippen molar-refractivity contribution in [2.75, 3.05) is 34.9 Å². The van der Waals surface area contributed by atoms with Gasteiger partial charge in [-0.1, -0.05) is 30.3 Å². The predicted molar refractivity (Wildman–Crippen MR) is 114 cm³/mol. The number of hydrogen-bond donors (Lipinski definition) is 0. The van der Waals surface area contributed by atoms with Crippen LogP contribution in [0.5, 0.6) is 11.5 Å². The maximum atomic E-state index is 13.5. The summed E-state index contributed by atoms with van der Waals surface area (Å²) >= 11 is 0. The second kappa shape index (κ2) is 7.91. The Hall–Kier alpha value is -2.79. The van der Waals surface area contributed by atoms with Crippen LogP contribution < -0.4 is 9.47 Å². The van der Waals surface area contributed by atoms with E-state index in [4.69, 9.17) is 9.47 Å². The summed E-state index contributed by atoms with van der Waals surface area (Å²) in [6.45, 7) is 1.81. The normalized spacial score (nSPS) is 19.8. The van der Waals surface area contributed by atoms with Crippen LogP contribution in [-0.2, 0) is 13.0 Å². The lowest BCUT2D eigenvalue weighted by Gasteiger charge is -2.42. The van der Waals surface area contributed by atoms with E-state index in [0.717, 1.165) is 30.6 Å². The fraction of sp³-hybridized carbons (Fsp3) is 0.375. The SMILES string of the molecule is COc1cc2c3c(c1OC)C(=O)C(=CN(C)C)CC3N(Cc1ccccc1)CC2. The Morgan fingerprint density at radius 3 is 2.59 bits per heavy atom. The molecule has 0 fully saturated rings. The molecule has 0 amide bonds. The summed E-state index contributed by atoms with van der Waals surface area (Å²) < 4.78 is 11.2. The van der Waals surface area contributed by atoms with Gasteiger partial charge in [-0.15, -0.1) is 0 Å². The average Bonchev–Trinajstić information content (AvgIpc) is 2.72. The van der Waals surface area contributed by atoms with Crippen LogP contribution in [-0.4, -0.2) is 50.4 Å². The second-order valence-corrected chi connectivity index (χ2v) is 7.93. The molecule has 0 N–H and O–H groups in total. The Kier molecular flexibility index (Phi) is 5.33. The van der Waals surface area contributed by atoms with E-state index in [2.05, 4.69) is 35.2 Å². The number of carbonyl (C=O) groups excluding carboxylic acids is 1. The van der Waals surface area contributed by atoms with Gasteiger partial charge in [0.15, 0.2) is 17.3 Å². The fourth-order valence-electron chi connectivity index (χ4n) is 4.60. The van der Waals surface area contributed by atoms with Crippen LogP contribution >= 0.6 is 0 Å². The lowest BCUT2D eigenvalue weighted by Crippen LogP contribution is -2.39. The van der Waals surface area contributed by atoms with Crippen LogP contribution in [0.2, 0.25) is 0 Å². The van der Waals surface area contributed by atoms with E-state index in [1.165, 1.54) is 11.1 Å². The number of nitrogens with zero attached hydrogens (tertiary/aromatic N) is 2.